The van der Waals surface area contributed by atoms with Gasteiger partial charge in [0.05, 0.1) is 6.10 Å². The van der Waals surface area contributed by atoms with Gasteiger partial charge in [0.2, 0.25) is 0 Å². The molecule has 0 saturated carbocycles. The van der Waals surface area contributed by atoms with E-state index in [9.17, 15) is 5.11 Å². The van der Waals surface area contributed by atoms with Crippen LogP contribution in [0.1, 0.15) is 36.8 Å². The van der Waals surface area contributed by atoms with E-state index in [1.54, 1.807) is 0 Å². The Morgan fingerprint density at radius 3 is 2.81 bits per heavy atom. The van der Waals surface area contributed by atoms with Crippen LogP contribution in [0.5, 0.6) is 0 Å². The van der Waals surface area contributed by atoms with Crippen LogP contribution in [0.15, 0.2) is 24.3 Å². The molecule has 1 aromatic carbocycles. The van der Waals surface area contributed by atoms with Gasteiger partial charge in [0.1, 0.15) is 0 Å². The zero-order valence-corrected chi connectivity index (χ0v) is 9.89. The standard InChI is InChI=1S/C14H21NO/c1-2-5-11(9-15)14(16)13-8-10-6-3-4-7-12(10)13/h3-4,6-7,11,13-14,16H,2,5,8-9,15H2,1H3. The average Bonchev–Trinajstić information content (AvgIpc) is 2.27. The second-order valence-corrected chi connectivity index (χ2v) is 4.78. The number of hydrogen-bond acceptors (Lipinski definition) is 2. The van der Waals surface area contributed by atoms with Gasteiger partial charge >= 0.3 is 0 Å². The van der Waals surface area contributed by atoms with E-state index >= 15 is 0 Å². The largest absolute Gasteiger partial charge is 0.392 e. The maximum absolute atomic E-state index is 10.3. The summed E-state index contributed by atoms with van der Waals surface area (Å²) in [6.45, 7) is 2.73. The Labute approximate surface area is 97.5 Å². The number of hydrogen-bond donors (Lipinski definition) is 2. The predicted molar refractivity (Wildman–Crippen MR) is 66.3 cm³/mol. The Morgan fingerprint density at radius 2 is 2.19 bits per heavy atom. The summed E-state index contributed by atoms with van der Waals surface area (Å²) in [5.41, 5.74) is 8.45. The number of nitrogens with two attached hydrogens (primary N) is 1. The molecule has 1 aliphatic rings. The highest BCUT2D eigenvalue weighted by Crippen LogP contribution is 2.39. The van der Waals surface area contributed by atoms with E-state index in [0.29, 0.717) is 12.5 Å². The molecule has 1 aromatic rings. The summed E-state index contributed by atoms with van der Waals surface area (Å²) in [5, 5.41) is 10.3. The first-order chi connectivity index (χ1) is 7.77. The lowest BCUT2D eigenvalue weighted by Crippen LogP contribution is -2.37. The van der Waals surface area contributed by atoms with Gasteiger partial charge in [-0.3, -0.25) is 0 Å². The van der Waals surface area contributed by atoms with Gasteiger partial charge in [0, 0.05) is 5.92 Å². The van der Waals surface area contributed by atoms with E-state index in [0.717, 1.165) is 19.3 Å². The molecular weight excluding hydrogens is 198 g/mol. The zero-order valence-electron chi connectivity index (χ0n) is 9.89. The Kier molecular flexibility index (Phi) is 3.62. The van der Waals surface area contributed by atoms with Crippen molar-refractivity contribution in [3.05, 3.63) is 35.4 Å². The van der Waals surface area contributed by atoms with Crippen molar-refractivity contribution in [3.63, 3.8) is 0 Å². The van der Waals surface area contributed by atoms with Crippen LogP contribution in [0.2, 0.25) is 0 Å². The van der Waals surface area contributed by atoms with Gasteiger partial charge in [-0.2, -0.15) is 0 Å². The summed E-state index contributed by atoms with van der Waals surface area (Å²) in [6, 6.07) is 8.39. The molecule has 0 amide bonds. The van der Waals surface area contributed by atoms with Gasteiger partial charge in [0.15, 0.2) is 0 Å². The number of aliphatic hydroxyl groups is 1. The quantitative estimate of drug-likeness (QED) is 0.796. The zero-order chi connectivity index (χ0) is 11.5. The van der Waals surface area contributed by atoms with Crippen LogP contribution < -0.4 is 5.73 Å². The smallest absolute Gasteiger partial charge is 0.0652 e. The van der Waals surface area contributed by atoms with Crippen molar-refractivity contribution in [1.29, 1.82) is 0 Å². The molecule has 2 heteroatoms. The highest BCUT2D eigenvalue weighted by Gasteiger charge is 2.35. The molecule has 3 unspecified atom stereocenters. The molecule has 0 aromatic heterocycles. The number of fused-ring (bicyclic) bond motifs is 1. The fourth-order valence-corrected chi connectivity index (χ4v) is 2.73. The van der Waals surface area contributed by atoms with Gasteiger partial charge in [-0.05, 0) is 36.4 Å². The van der Waals surface area contributed by atoms with Crippen molar-refractivity contribution in [1.82, 2.24) is 0 Å². The summed E-state index contributed by atoms with van der Waals surface area (Å²) in [6.07, 6.45) is 2.86. The van der Waals surface area contributed by atoms with Gasteiger partial charge in [-0.15, -0.1) is 0 Å². The lowest BCUT2D eigenvalue weighted by Gasteiger charge is -2.37. The third-order valence-corrected chi connectivity index (χ3v) is 3.75. The molecule has 0 aliphatic heterocycles. The maximum Gasteiger partial charge on any atom is 0.0652 e. The monoisotopic (exact) mass is 219 g/mol. The second kappa shape index (κ2) is 4.98. The highest BCUT2D eigenvalue weighted by molar-refractivity contribution is 5.40. The predicted octanol–water partition coefficient (Wildman–Crippen LogP) is 2.06. The van der Waals surface area contributed by atoms with Crippen LogP contribution in [-0.4, -0.2) is 17.8 Å². The fraction of sp³-hybridized carbons (Fsp3) is 0.571. The van der Waals surface area contributed by atoms with Crippen LogP contribution in [0, 0.1) is 5.92 Å². The van der Waals surface area contributed by atoms with Gasteiger partial charge in [0.25, 0.3) is 0 Å². The molecule has 88 valence electrons. The Morgan fingerprint density at radius 1 is 1.44 bits per heavy atom. The number of aliphatic hydroxyl groups excluding tert-OH is 1. The summed E-state index contributed by atoms with van der Waals surface area (Å²) >= 11 is 0. The average molecular weight is 219 g/mol. The van der Waals surface area contributed by atoms with E-state index < -0.39 is 0 Å². The van der Waals surface area contributed by atoms with Crippen molar-refractivity contribution in [2.75, 3.05) is 6.54 Å². The molecule has 0 bridgehead atoms. The van der Waals surface area contributed by atoms with E-state index in [2.05, 4.69) is 31.2 Å². The first-order valence-electron chi connectivity index (χ1n) is 6.23. The van der Waals surface area contributed by atoms with Crippen LogP contribution in [0.3, 0.4) is 0 Å². The van der Waals surface area contributed by atoms with Crippen molar-refractivity contribution in [2.45, 2.75) is 38.2 Å². The molecule has 0 saturated heterocycles. The molecule has 0 fully saturated rings. The third kappa shape index (κ3) is 2.00. The van der Waals surface area contributed by atoms with Crippen molar-refractivity contribution in [2.24, 2.45) is 11.7 Å². The first kappa shape index (κ1) is 11.6. The summed E-state index contributed by atoms with van der Waals surface area (Å²) in [5.74, 6) is 0.569. The molecule has 3 N–H and O–H groups in total. The lowest BCUT2D eigenvalue weighted by molar-refractivity contribution is 0.0711. The maximum atomic E-state index is 10.3. The van der Waals surface area contributed by atoms with Crippen LogP contribution in [0.4, 0.5) is 0 Å². The minimum absolute atomic E-state index is 0.253. The van der Waals surface area contributed by atoms with Crippen LogP contribution in [0.25, 0.3) is 0 Å². The van der Waals surface area contributed by atoms with E-state index in [1.165, 1.54) is 11.1 Å². The summed E-state index contributed by atoms with van der Waals surface area (Å²) < 4.78 is 0. The Bertz CT molecular complexity index is 350. The minimum atomic E-state index is -0.264. The Balaban J connectivity index is 2.05. The topological polar surface area (TPSA) is 46.2 Å². The first-order valence-corrected chi connectivity index (χ1v) is 6.23. The summed E-state index contributed by atoms with van der Waals surface area (Å²) in [4.78, 5) is 0. The van der Waals surface area contributed by atoms with Crippen molar-refractivity contribution < 1.29 is 5.11 Å². The molecule has 0 radical (unpaired) electrons. The van der Waals surface area contributed by atoms with Gasteiger partial charge in [-0.25, -0.2) is 0 Å². The van der Waals surface area contributed by atoms with E-state index in [1.807, 2.05) is 0 Å². The van der Waals surface area contributed by atoms with E-state index in [-0.39, 0.29) is 12.0 Å². The van der Waals surface area contributed by atoms with Crippen LogP contribution >= 0.6 is 0 Å². The van der Waals surface area contributed by atoms with Gasteiger partial charge < -0.3 is 10.8 Å². The SMILES string of the molecule is CCCC(CN)C(O)C1Cc2ccccc21. The van der Waals surface area contributed by atoms with Crippen molar-refractivity contribution in [3.8, 4) is 0 Å². The minimum Gasteiger partial charge on any atom is -0.392 e. The number of benzene rings is 1. The molecule has 16 heavy (non-hydrogen) atoms. The van der Waals surface area contributed by atoms with E-state index in [4.69, 9.17) is 5.73 Å². The molecule has 0 heterocycles. The molecule has 0 spiro atoms. The Hall–Kier alpha value is -0.860. The van der Waals surface area contributed by atoms with Gasteiger partial charge in [-0.1, -0.05) is 37.6 Å². The molecule has 2 rings (SSSR count). The lowest BCUT2D eigenvalue weighted by atomic mass is 9.71. The highest BCUT2D eigenvalue weighted by atomic mass is 16.3. The molecular formula is C14H21NO. The molecule has 3 atom stereocenters. The summed E-state index contributed by atoms with van der Waals surface area (Å²) in [7, 11) is 0. The normalized spacial score (nSPS) is 22.1. The number of rotatable bonds is 5. The molecule has 2 nitrogen and oxygen atoms in total. The third-order valence-electron chi connectivity index (χ3n) is 3.75. The van der Waals surface area contributed by atoms with Crippen LogP contribution in [-0.2, 0) is 6.42 Å². The van der Waals surface area contributed by atoms with Crippen molar-refractivity contribution >= 4 is 0 Å². The second-order valence-electron chi connectivity index (χ2n) is 4.78. The molecule has 1 aliphatic carbocycles. The fourth-order valence-electron chi connectivity index (χ4n) is 2.73.